The molecule has 106 valence electrons. The van der Waals surface area contributed by atoms with E-state index >= 15 is 0 Å². The molecule has 2 nitrogen and oxygen atoms in total. The molecule has 1 aromatic rings. The number of hydrogen-bond acceptors (Lipinski definition) is 2. The van der Waals surface area contributed by atoms with Crippen LogP contribution in [-0.4, -0.2) is 18.7 Å². The summed E-state index contributed by atoms with van der Waals surface area (Å²) >= 11 is 5.91. The van der Waals surface area contributed by atoms with Crippen LogP contribution in [0.1, 0.15) is 39.5 Å². The molecule has 1 aliphatic rings. The molecular formula is C16H24ClNO. The standard InChI is InChI=1S/C16H24ClNO/c1-3-12-5-10-15(18-4-2)16(11-12)19-14-8-6-13(17)7-9-14/h6-9,12,15-16,18H,3-5,10-11H2,1-2H3. The summed E-state index contributed by atoms with van der Waals surface area (Å²) in [5, 5.41) is 4.32. The number of rotatable bonds is 5. The molecule has 0 spiro atoms. The Balaban J connectivity index is 2.02. The summed E-state index contributed by atoms with van der Waals surface area (Å²) in [4.78, 5) is 0. The first-order valence-electron chi connectivity index (χ1n) is 7.38. The predicted octanol–water partition coefficient (Wildman–Crippen LogP) is 4.28. The van der Waals surface area contributed by atoms with Gasteiger partial charge in [0.2, 0.25) is 0 Å². The van der Waals surface area contributed by atoms with Gasteiger partial charge < -0.3 is 10.1 Å². The van der Waals surface area contributed by atoms with E-state index in [2.05, 4.69) is 19.2 Å². The van der Waals surface area contributed by atoms with E-state index in [1.54, 1.807) is 0 Å². The van der Waals surface area contributed by atoms with Gasteiger partial charge in [-0.2, -0.15) is 0 Å². The van der Waals surface area contributed by atoms with Crippen LogP contribution in [0.4, 0.5) is 0 Å². The largest absolute Gasteiger partial charge is 0.489 e. The molecule has 19 heavy (non-hydrogen) atoms. The van der Waals surface area contributed by atoms with Crippen molar-refractivity contribution in [3.63, 3.8) is 0 Å². The van der Waals surface area contributed by atoms with Crippen LogP contribution in [0.25, 0.3) is 0 Å². The summed E-state index contributed by atoms with van der Waals surface area (Å²) in [5.74, 6) is 1.72. The zero-order valence-electron chi connectivity index (χ0n) is 11.9. The van der Waals surface area contributed by atoms with E-state index in [9.17, 15) is 0 Å². The SMILES string of the molecule is CCNC1CCC(CC)CC1Oc1ccc(Cl)cc1. The molecular weight excluding hydrogens is 258 g/mol. The summed E-state index contributed by atoms with van der Waals surface area (Å²) in [6.45, 7) is 5.44. The fourth-order valence-electron chi connectivity index (χ4n) is 2.90. The summed E-state index contributed by atoms with van der Waals surface area (Å²) in [6.07, 6.45) is 5.20. The van der Waals surface area contributed by atoms with Crippen molar-refractivity contribution in [1.29, 1.82) is 0 Å². The van der Waals surface area contributed by atoms with E-state index in [1.165, 1.54) is 19.3 Å². The lowest BCUT2D eigenvalue weighted by Gasteiger charge is -2.36. The van der Waals surface area contributed by atoms with Gasteiger partial charge >= 0.3 is 0 Å². The molecule has 0 radical (unpaired) electrons. The maximum atomic E-state index is 6.19. The van der Waals surface area contributed by atoms with Crippen molar-refractivity contribution in [3.8, 4) is 5.75 Å². The number of hydrogen-bond donors (Lipinski definition) is 1. The van der Waals surface area contributed by atoms with Gasteiger partial charge in [-0.1, -0.05) is 31.9 Å². The van der Waals surface area contributed by atoms with Crippen molar-refractivity contribution in [2.45, 2.75) is 51.7 Å². The molecule has 3 unspecified atom stereocenters. The highest BCUT2D eigenvalue weighted by atomic mass is 35.5. The molecule has 0 amide bonds. The van der Waals surface area contributed by atoms with E-state index in [-0.39, 0.29) is 6.10 Å². The third kappa shape index (κ3) is 4.12. The number of likely N-dealkylation sites (N-methyl/N-ethyl adjacent to an activating group) is 1. The van der Waals surface area contributed by atoms with E-state index in [4.69, 9.17) is 16.3 Å². The van der Waals surface area contributed by atoms with Crippen molar-refractivity contribution >= 4 is 11.6 Å². The Labute approximate surface area is 121 Å². The molecule has 1 saturated carbocycles. The number of halogens is 1. The van der Waals surface area contributed by atoms with Crippen LogP contribution in [0.3, 0.4) is 0 Å². The Morgan fingerprint density at radius 3 is 2.58 bits per heavy atom. The van der Waals surface area contributed by atoms with Gasteiger partial charge in [0, 0.05) is 11.1 Å². The lowest BCUT2D eigenvalue weighted by atomic mass is 9.82. The zero-order valence-corrected chi connectivity index (χ0v) is 12.6. The van der Waals surface area contributed by atoms with Crippen LogP contribution < -0.4 is 10.1 Å². The average molecular weight is 282 g/mol. The Kier molecular flexibility index (Phi) is 5.53. The van der Waals surface area contributed by atoms with Crippen molar-refractivity contribution in [1.82, 2.24) is 5.32 Å². The molecule has 0 saturated heterocycles. The van der Waals surface area contributed by atoms with Crippen LogP contribution in [0.2, 0.25) is 5.02 Å². The Morgan fingerprint density at radius 1 is 1.21 bits per heavy atom. The minimum Gasteiger partial charge on any atom is -0.489 e. The topological polar surface area (TPSA) is 21.3 Å². The minimum absolute atomic E-state index is 0.278. The maximum Gasteiger partial charge on any atom is 0.119 e. The summed E-state index contributed by atoms with van der Waals surface area (Å²) in [6, 6.07) is 8.17. The normalized spacial score (nSPS) is 27.2. The Hall–Kier alpha value is -0.730. The van der Waals surface area contributed by atoms with E-state index in [0.29, 0.717) is 6.04 Å². The molecule has 1 aliphatic carbocycles. The second-order valence-corrected chi connectivity index (χ2v) is 5.80. The summed E-state index contributed by atoms with van der Waals surface area (Å²) in [5.41, 5.74) is 0. The third-order valence-electron chi connectivity index (χ3n) is 4.05. The van der Waals surface area contributed by atoms with Crippen LogP contribution >= 0.6 is 11.6 Å². The first kappa shape index (κ1) is 14.7. The first-order chi connectivity index (χ1) is 9.22. The zero-order chi connectivity index (χ0) is 13.7. The lowest BCUT2D eigenvalue weighted by molar-refractivity contribution is 0.0856. The van der Waals surface area contributed by atoms with Gasteiger partial charge in [-0.15, -0.1) is 0 Å². The van der Waals surface area contributed by atoms with Gasteiger partial charge in [-0.25, -0.2) is 0 Å². The van der Waals surface area contributed by atoms with Crippen LogP contribution in [0.15, 0.2) is 24.3 Å². The molecule has 3 heteroatoms. The van der Waals surface area contributed by atoms with Crippen LogP contribution in [-0.2, 0) is 0 Å². The average Bonchev–Trinajstić information content (AvgIpc) is 2.43. The van der Waals surface area contributed by atoms with Crippen molar-refractivity contribution in [2.75, 3.05) is 6.54 Å². The van der Waals surface area contributed by atoms with Gasteiger partial charge in [0.1, 0.15) is 11.9 Å². The molecule has 1 aromatic carbocycles. The molecule has 2 rings (SSSR count). The molecule has 3 atom stereocenters. The highest BCUT2D eigenvalue weighted by Crippen LogP contribution is 2.30. The number of nitrogens with one attached hydrogen (secondary N) is 1. The van der Waals surface area contributed by atoms with Crippen molar-refractivity contribution in [3.05, 3.63) is 29.3 Å². The molecule has 0 heterocycles. The lowest BCUT2D eigenvalue weighted by Crippen LogP contribution is -2.47. The molecule has 1 fully saturated rings. The van der Waals surface area contributed by atoms with E-state index in [1.807, 2.05) is 24.3 Å². The second kappa shape index (κ2) is 7.16. The fourth-order valence-corrected chi connectivity index (χ4v) is 3.02. The molecule has 0 bridgehead atoms. The summed E-state index contributed by atoms with van der Waals surface area (Å²) in [7, 11) is 0. The monoisotopic (exact) mass is 281 g/mol. The molecule has 0 aromatic heterocycles. The fraction of sp³-hybridized carbons (Fsp3) is 0.625. The van der Waals surface area contributed by atoms with Gasteiger partial charge in [0.25, 0.3) is 0 Å². The van der Waals surface area contributed by atoms with Crippen molar-refractivity contribution < 1.29 is 4.74 Å². The Morgan fingerprint density at radius 2 is 1.95 bits per heavy atom. The maximum absolute atomic E-state index is 6.19. The first-order valence-corrected chi connectivity index (χ1v) is 7.76. The van der Waals surface area contributed by atoms with Gasteiger partial charge in [-0.05, 0) is 56.0 Å². The highest BCUT2D eigenvalue weighted by molar-refractivity contribution is 6.30. The van der Waals surface area contributed by atoms with Crippen LogP contribution in [0.5, 0.6) is 5.75 Å². The summed E-state index contributed by atoms with van der Waals surface area (Å²) < 4.78 is 6.19. The minimum atomic E-state index is 0.278. The van der Waals surface area contributed by atoms with E-state index in [0.717, 1.165) is 29.7 Å². The van der Waals surface area contributed by atoms with Gasteiger partial charge in [0.15, 0.2) is 0 Å². The predicted molar refractivity (Wildman–Crippen MR) is 81.0 cm³/mol. The highest BCUT2D eigenvalue weighted by Gasteiger charge is 2.30. The molecule has 0 aliphatic heterocycles. The second-order valence-electron chi connectivity index (χ2n) is 5.36. The smallest absolute Gasteiger partial charge is 0.119 e. The quantitative estimate of drug-likeness (QED) is 0.870. The Bertz CT molecular complexity index is 379. The van der Waals surface area contributed by atoms with Gasteiger partial charge in [-0.3, -0.25) is 0 Å². The number of ether oxygens (including phenoxy) is 1. The number of benzene rings is 1. The third-order valence-corrected chi connectivity index (χ3v) is 4.30. The van der Waals surface area contributed by atoms with Gasteiger partial charge in [0.05, 0.1) is 0 Å². The molecule has 1 N–H and O–H groups in total. The van der Waals surface area contributed by atoms with Crippen molar-refractivity contribution in [2.24, 2.45) is 5.92 Å². The van der Waals surface area contributed by atoms with E-state index < -0.39 is 0 Å². The van der Waals surface area contributed by atoms with Crippen LogP contribution in [0, 0.1) is 5.92 Å².